The molecule has 2 nitrogen and oxygen atoms in total. The van der Waals surface area contributed by atoms with Crippen LogP contribution in [0.4, 0.5) is 5.13 Å². The van der Waals surface area contributed by atoms with Gasteiger partial charge in [0.05, 0.1) is 0 Å². The average molecular weight is 182 g/mol. The van der Waals surface area contributed by atoms with Crippen molar-refractivity contribution in [2.45, 2.75) is 32.2 Å². The van der Waals surface area contributed by atoms with E-state index in [0.717, 1.165) is 5.13 Å². The van der Waals surface area contributed by atoms with E-state index in [1.165, 1.54) is 12.8 Å². The second kappa shape index (κ2) is 2.73. The number of anilines is 1. The number of rotatable bonds is 3. The van der Waals surface area contributed by atoms with Crippen LogP contribution in [0, 0.1) is 5.92 Å². The van der Waals surface area contributed by atoms with Gasteiger partial charge in [0, 0.05) is 17.1 Å². The molecule has 66 valence electrons. The number of thiazole rings is 1. The Morgan fingerprint density at radius 2 is 2.33 bits per heavy atom. The van der Waals surface area contributed by atoms with E-state index >= 15 is 0 Å². The first-order chi connectivity index (χ1) is 5.73. The largest absolute Gasteiger partial charge is 0.356 e. The molecule has 1 aromatic heterocycles. The maximum atomic E-state index is 4.23. The molecule has 1 aliphatic rings. The van der Waals surface area contributed by atoms with Gasteiger partial charge in [-0.25, -0.2) is 4.98 Å². The smallest absolute Gasteiger partial charge is 0.183 e. The molecule has 1 aliphatic carbocycles. The molecule has 0 atom stereocenters. The van der Waals surface area contributed by atoms with E-state index in [9.17, 15) is 0 Å². The third-order valence-corrected chi connectivity index (χ3v) is 3.37. The van der Waals surface area contributed by atoms with Gasteiger partial charge in [-0.3, -0.25) is 0 Å². The Morgan fingerprint density at radius 3 is 2.75 bits per heavy atom. The Balaban J connectivity index is 2.04. The summed E-state index contributed by atoms with van der Waals surface area (Å²) in [5.74, 6) is 0.710. The van der Waals surface area contributed by atoms with Gasteiger partial charge >= 0.3 is 0 Å². The standard InChI is InChI=1S/C9H14N2S/c1-7(2)9(3-4-9)11-8-10-5-6-12-8/h5-7H,3-4H2,1-2H3,(H,10,11). The summed E-state index contributed by atoms with van der Waals surface area (Å²) in [6.07, 6.45) is 4.44. The molecule has 1 fully saturated rings. The minimum Gasteiger partial charge on any atom is -0.356 e. The van der Waals surface area contributed by atoms with E-state index in [1.807, 2.05) is 11.6 Å². The molecule has 0 aromatic carbocycles. The fourth-order valence-electron chi connectivity index (χ4n) is 1.48. The Bertz CT molecular complexity index is 250. The van der Waals surface area contributed by atoms with E-state index in [-0.39, 0.29) is 0 Å². The summed E-state index contributed by atoms with van der Waals surface area (Å²) in [5.41, 5.74) is 0.373. The minimum absolute atomic E-state index is 0.373. The normalized spacial score (nSPS) is 19.6. The highest BCUT2D eigenvalue weighted by Gasteiger charge is 2.45. The van der Waals surface area contributed by atoms with Crippen molar-refractivity contribution in [3.63, 3.8) is 0 Å². The van der Waals surface area contributed by atoms with Crippen LogP contribution in [0.1, 0.15) is 26.7 Å². The van der Waals surface area contributed by atoms with Crippen molar-refractivity contribution in [1.82, 2.24) is 4.98 Å². The van der Waals surface area contributed by atoms with E-state index in [0.29, 0.717) is 11.5 Å². The molecule has 0 radical (unpaired) electrons. The van der Waals surface area contributed by atoms with Crippen LogP contribution < -0.4 is 5.32 Å². The molecular weight excluding hydrogens is 168 g/mol. The van der Waals surface area contributed by atoms with Crippen LogP contribution in [0.3, 0.4) is 0 Å². The third kappa shape index (κ3) is 1.33. The maximum absolute atomic E-state index is 4.23. The van der Waals surface area contributed by atoms with E-state index in [2.05, 4.69) is 24.1 Å². The lowest BCUT2D eigenvalue weighted by Crippen LogP contribution is -2.27. The monoisotopic (exact) mass is 182 g/mol. The highest BCUT2D eigenvalue weighted by molar-refractivity contribution is 7.13. The van der Waals surface area contributed by atoms with Crippen LogP contribution in [0.2, 0.25) is 0 Å². The van der Waals surface area contributed by atoms with Crippen LogP contribution in [0.25, 0.3) is 0 Å². The first-order valence-electron chi connectivity index (χ1n) is 4.41. The van der Waals surface area contributed by atoms with Crippen molar-refractivity contribution in [3.05, 3.63) is 11.6 Å². The molecule has 0 aliphatic heterocycles. The molecule has 0 bridgehead atoms. The number of aromatic nitrogens is 1. The molecule has 1 aromatic rings. The third-order valence-electron chi connectivity index (χ3n) is 2.68. The number of nitrogens with zero attached hydrogens (tertiary/aromatic N) is 1. The van der Waals surface area contributed by atoms with Crippen molar-refractivity contribution in [1.29, 1.82) is 0 Å². The Morgan fingerprint density at radius 1 is 1.58 bits per heavy atom. The van der Waals surface area contributed by atoms with Crippen molar-refractivity contribution in [2.24, 2.45) is 5.92 Å². The van der Waals surface area contributed by atoms with Crippen molar-refractivity contribution in [3.8, 4) is 0 Å². The highest BCUT2D eigenvalue weighted by atomic mass is 32.1. The van der Waals surface area contributed by atoms with Crippen molar-refractivity contribution in [2.75, 3.05) is 5.32 Å². The van der Waals surface area contributed by atoms with E-state index < -0.39 is 0 Å². The van der Waals surface area contributed by atoms with Crippen LogP contribution in [0.5, 0.6) is 0 Å². The quantitative estimate of drug-likeness (QED) is 0.777. The maximum Gasteiger partial charge on any atom is 0.183 e. The first-order valence-corrected chi connectivity index (χ1v) is 5.29. The predicted octanol–water partition coefficient (Wildman–Crippen LogP) is 2.74. The zero-order valence-electron chi connectivity index (χ0n) is 7.50. The predicted molar refractivity (Wildman–Crippen MR) is 52.5 cm³/mol. The zero-order valence-corrected chi connectivity index (χ0v) is 8.32. The van der Waals surface area contributed by atoms with Gasteiger partial charge in [0.2, 0.25) is 0 Å². The molecule has 1 saturated carbocycles. The molecule has 0 spiro atoms. The fourth-order valence-corrected chi connectivity index (χ4v) is 2.11. The summed E-state index contributed by atoms with van der Waals surface area (Å²) >= 11 is 1.68. The lowest BCUT2D eigenvalue weighted by Gasteiger charge is -2.20. The van der Waals surface area contributed by atoms with Gasteiger partial charge in [-0.15, -0.1) is 11.3 Å². The van der Waals surface area contributed by atoms with Crippen LogP contribution in [0.15, 0.2) is 11.6 Å². The van der Waals surface area contributed by atoms with Gasteiger partial charge < -0.3 is 5.32 Å². The Hall–Kier alpha value is -0.570. The Labute approximate surface area is 77.0 Å². The molecule has 0 unspecified atom stereocenters. The lowest BCUT2D eigenvalue weighted by molar-refractivity contribution is 0.511. The molecule has 2 rings (SSSR count). The Kier molecular flexibility index (Phi) is 1.83. The SMILES string of the molecule is CC(C)C1(Nc2nccs2)CC1. The number of hydrogen-bond donors (Lipinski definition) is 1. The number of hydrogen-bond acceptors (Lipinski definition) is 3. The van der Waals surface area contributed by atoms with Gasteiger partial charge in [0.15, 0.2) is 5.13 Å². The van der Waals surface area contributed by atoms with Gasteiger partial charge in [-0.1, -0.05) is 13.8 Å². The van der Waals surface area contributed by atoms with E-state index in [1.54, 1.807) is 11.3 Å². The topological polar surface area (TPSA) is 24.9 Å². The molecule has 1 heterocycles. The minimum atomic E-state index is 0.373. The van der Waals surface area contributed by atoms with Gasteiger partial charge in [-0.05, 0) is 18.8 Å². The summed E-state index contributed by atoms with van der Waals surface area (Å²) < 4.78 is 0. The molecule has 0 amide bonds. The summed E-state index contributed by atoms with van der Waals surface area (Å²) in [5, 5.41) is 6.60. The lowest BCUT2D eigenvalue weighted by atomic mass is 10.0. The summed E-state index contributed by atoms with van der Waals surface area (Å²) in [6.45, 7) is 4.54. The van der Waals surface area contributed by atoms with Crippen LogP contribution >= 0.6 is 11.3 Å². The van der Waals surface area contributed by atoms with Crippen LogP contribution in [-0.4, -0.2) is 10.5 Å². The van der Waals surface area contributed by atoms with Gasteiger partial charge in [0.25, 0.3) is 0 Å². The zero-order chi connectivity index (χ0) is 8.60. The molecule has 3 heteroatoms. The highest BCUT2D eigenvalue weighted by Crippen LogP contribution is 2.45. The first kappa shape index (κ1) is 8.05. The van der Waals surface area contributed by atoms with Crippen molar-refractivity contribution >= 4 is 16.5 Å². The fraction of sp³-hybridized carbons (Fsp3) is 0.667. The molecule has 1 N–H and O–H groups in total. The molecule has 12 heavy (non-hydrogen) atoms. The average Bonchev–Trinajstić information content (AvgIpc) is 2.60. The van der Waals surface area contributed by atoms with Gasteiger partial charge in [0.1, 0.15) is 0 Å². The van der Waals surface area contributed by atoms with Crippen molar-refractivity contribution < 1.29 is 0 Å². The molecular formula is C9H14N2S. The summed E-state index contributed by atoms with van der Waals surface area (Å²) in [7, 11) is 0. The van der Waals surface area contributed by atoms with Crippen LogP contribution in [-0.2, 0) is 0 Å². The summed E-state index contributed by atoms with van der Waals surface area (Å²) in [4.78, 5) is 4.23. The molecule has 0 saturated heterocycles. The second-order valence-corrected chi connectivity index (χ2v) is 4.67. The number of nitrogens with one attached hydrogen (secondary N) is 1. The second-order valence-electron chi connectivity index (χ2n) is 3.77. The van der Waals surface area contributed by atoms with E-state index in [4.69, 9.17) is 0 Å². The van der Waals surface area contributed by atoms with Gasteiger partial charge in [-0.2, -0.15) is 0 Å². The summed E-state index contributed by atoms with van der Waals surface area (Å²) in [6, 6.07) is 0.